The maximum atomic E-state index is 12.6. The van der Waals surface area contributed by atoms with Crippen LogP contribution in [0.4, 0.5) is 10.5 Å². The summed E-state index contributed by atoms with van der Waals surface area (Å²) >= 11 is 5.82. The molecule has 3 amide bonds. The molecular weight excluding hydrogens is 382 g/mol. The third-order valence-corrected chi connectivity index (χ3v) is 4.63. The van der Waals surface area contributed by atoms with Gasteiger partial charge in [0.25, 0.3) is 0 Å². The quantitative estimate of drug-likeness (QED) is 0.826. The van der Waals surface area contributed by atoms with E-state index in [1.807, 2.05) is 20.8 Å². The summed E-state index contributed by atoms with van der Waals surface area (Å²) in [5.41, 5.74) is 0.0856. The minimum absolute atomic E-state index is 0.0340. The van der Waals surface area contributed by atoms with Crippen molar-refractivity contribution in [3.05, 3.63) is 29.3 Å². The molecule has 0 saturated carbocycles. The number of halogens is 1. The van der Waals surface area contributed by atoms with Crippen molar-refractivity contribution in [2.24, 2.45) is 5.92 Å². The number of ether oxygens (including phenoxy) is 1. The molecule has 1 aliphatic rings. The molecule has 154 valence electrons. The molecule has 1 aliphatic heterocycles. The summed E-state index contributed by atoms with van der Waals surface area (Å²) in [5, 5.41) is 3.33. The molecule has 0 radical (unpaired) electrons. The number of hydrogen-bond donors (Lipinski definition) is 1. The average molecular weight is 410 g/mol. The van der Waals surface area contributed by atoms with Crippen molar-refractivity contribution in [3.63, 3.8) is 0 Å². The summed E-state index contributed by atoms with van der Waals surface area (Å²) in [7, 11) is 1.62. The first-order chi connectivity index (χ1) is 13.0. The van der Waals surface area contributed by atoms with Crippen LogP contribution in [0.15, 0.2) is 24.3 Å². The average Bonchev–Trinajstić information content (AvgIpc) is 2.61. The van der Waals surface area contributed by atoms with E-state index in [-0.39, 0.29) is 30.4 Å². The molecule has 1 N–H and O–H groups in total. The highest BCUT2D eigenvalue weighted by Crippen LogP contribution is 2.21. The Labute approximate surface area is 171 Å². The number of hydrogen-bond acceptors (Lipinski definition) is 4. The molecule has 0 aliphatic carbocycles. The van der Waals surface area contributed by atoms with Gasteiger partial charge in [-0.2, -0.15) is 0 Å². The van der Waals surface area contributed by atoms with Crippen LogP contribution in [0.3, 0.4) is 0 Å². The second-order valence-electron chi connectivity index (χ2n) is 7.99. The van der Waals surface area contributed by atoms with Crippen LogP contribution < -0.4 is 5.32 Å². The van der Waals surface area contributed by atoms with E-state index in [1.165, 1.54) is 4.90 Å². The second kappa shape index (κ2) is 9.28. The van der Waals surface area contributed by atoms with E-state index < -0.39 is 5.60 Å². The van der Waals surface area contributed by atoms with Crippen LogP contribution in [-0.2, 0) is 14.3 Å². The summed E-state index contributed by atoms with van der Waals surface area (Å²) < 4.78 is 5.37. The van der Waals surface area contributed by atoms with Gasteiger partial charge in [0.1, 0.15) is 5.60 Å². The molecule has 0 spiro atoms. The number of likely N-dealkylation sites (tertiary alicyclic amines) is 1. The third-order valence-electron chi connectivity index (χ3n) is 4.38. The van der Waals surface area contributed by atoms with E-state index in [2.05, 4.69) is 5.32 Å². The first-order valence-electron chi connectivity index (χ1n) is 9.33. The smallest absolute Gasteiger partial charge is 0.410 e. The van der Waals surface area contributed by atoms with Gasteiger partial charge in [0.15, 0.2) is 0 Å². The summed E-state index contributed by atoms with van der Waals surface area (Å²) in [5.74, 6) is -0.563. The molecule has 0 atom stereocenters. The SMILES string of the molecule is CN(CC(=O)Nc1ccc(Cl)cc1)C(=O)C1CCN(C(=O)OC(C)(C)C)CC1. The van der Waals surface area contributed by atoms with Crippen LogP contribution in [0, 0.1) is 5.92 Å². The molecule has 1 heterocycles. The number of anilines is 1. The van der Waals surface area contributed by atoms with Crippen LogP contribution in [-0.4, -0.2) is 60.0 Å². The standard InChI is InChI=1S/C20H28ClN3O4/c1-20(2,3)28-19(27)24-11-9-14(10-12-24)18(26)23(4)13-17(25)22-16-7-5-15(21)6-8-16/h5-8,14H,9-13H2,1-4H3,(H,22,25). The van der Waals surface area contributed by atoms with Crippen molar-refractivity contribution >= 4 is 35.2 Å². The van der Waals surface area contributed by atoms with Gasteiger partial charge in [0, 0.05) is 36.8 Å². The molecule has 1 saturated heterocycles. The molecule has 1 aromatic rings. The highest BCUT2D eigenvalue weighted by atomic mass is 35.5. The molecule has 7 nitrogen and oxygen atoms in total. The van der Waals surface area contributed by atoms with Crippen molar-refractivity contribution in [2.45, 2.75) is 39.2 Å². The first-order valence-corrected chi connectivity index (χ1v) is 9.71. The number of carbonyl (C=O) groups excluding carboxylic acids is 3. The van der Waals surface area contributed by atoms with Gasteiger partial charge in [0.05, 0.1) is 6.54 Å². The van der Waals surface area contributed by atoms with Crippen molar-refractivity contribution in [1.29, 1.82) is 0 Å². The fourth-order valence-corrected chi connectivity index (χ4v) is 3.10. The molecule has 28 heavy (non-hydrogen) atoms. The Hall–Kier alpha value is -2.28. The maximum absolute atomic E-state index is 12.6. The van der Waals surface area contributed by atoms with E-state index in [4.69, 9.17) is 16.3 Å². The monoisotopic (exact) mass is 409 g/mol. The zero-order chi connectivity index (χ0) is 20.9. The van der Waals surface area contributed by atoms with Gasteiger partial charge in [-0.3, -0.25) is 9.59 Å². The number of rotatable bonds is 4. The number of nitrogens with one attached hydrogen (secondary N) is 1. The lowest BCUT2D eigenvalue weighted by Gasteiger charge is -2.34. The van der Waals surface area contributed by atoms with Crippen LogP contribution in [0.2, 0.25) is 5.02 Å². The minimum Gasteiger partial charge on any atom is -0.444 e. The largest absolute Gasteiger partial charge is 0.444 e. The Balaban J connectivity index is 1.79. The zero-order valence-electron chi connectivity index (χ0n) is 16.8. The Morgan fingerprint density at radius 2 is 1.75 bits per heavy atom. The summed E-state index contributed by atoms with van der Waals surface area (Å²) in [4.78, 5) is 40.0. The number of likely N-dealkylation sites (N-methyl/N-ethyl adjacent to an activating group) is 1. The summed E-state index contributed by atoms with van der Waals surface area (Å²) in [6, 6.07) is 6.78. The van der Waals surface area contributed by atoms with Gasteiger partial charge in [-0.1, -0.05) is 11.6 Å². The highest BCUT2D eigenvalue weighted by molar-refractivity contribution is 6.30. The minimum atomic E-state index is -0.540. The molecule has 8 heteroatoms. The first kappa shape index (κ1) is 22.0. The van der Waals surface area contributed by atoms with Crippen molar-refractivity contribution in [1.82, 2.24) is 9.80 Å². The maximum Gasteiger partial charge on any atom is 0.410 e. The lowest BCUT2D eigenvalue weighted by molar-refractivity contribution is -0.138. The summed E-state index contributed by atoms with van der Waals surface area (Å²) in [6.07, 6.45) is 0.761. The number of benzene rings is 1. The third kappa shape index (κ3) is 6.71. The van der Waals surface area contributed by atoms with Crippen molar-refractivity contribution in [2.75, 3.05) is 32.0 Å². The van der Waals surface area contributed by atoms with Gasteiger partial charge in [0.2, 0.25) is 11.8 Å². The van der Waals surface area contributed by atoms with Gasteiger partial charge in [-0.25, -0.2) is 4.79 Å². The summed E-state index contributed by atoms with van der Waals surface area (Å²) in [6.45, 7) is 6.38. The molecule has 0 aromatic heterocycles. The van der Waals surface area contributed by atoms with E-state index >= 15 is 0 Å². The number of amides is 3. The number of piperidine rings is 1. The van der Waals surface area contributed by atoms with Gasteiger partial charge in [-0.05, 0) is 57.9 Å². The van der Waals surface area contributed by atoms with E-state index in [9.17, 15) is 14.4 Å². The number of nitrogens with zero attached hydrogens (tertiary/aromatic N) is 2. The van der Waals surface area contributed by atoms with Crippen LogP contribution in [0.5, 0.6) is 0 Å². The molecule has 1 aromatic carbocycles. The predicted molar refractivity (Wildman–Crippen MR) is 108 cm³/mol. The van der Waals surface area contributed by atoms with Crippen molar-refractivity contribution in [3.8, 4) is 0 Å². The van der Waals surface area contributed by atoms with Crippen molar-refractivity contribution < 1.29 is 19.1 Å². The predicted octanol–water partition coefficient (Wildman–Crippen LogP) is 3.38. The molecule has 2 rings (SSSR count). The van der Waals surface area contributed by atoms with E-state index in [0.29, 0.717) is 36.6 Å². The van der Waals surface area contributed by atoms with Gasteiger partial charge < -0.3 is 19.9 Å². The topological polar surface area (TPSA) is 79.0 Å². The highest BCUT2D eigenvalue weighted by Gasteiger charge is 2.31. The lowest BCUT2D eigenvalue weighted by atomic mass is 9.95. The van der Waals surface area contributed by atoms with Gasteiger partial charge >= 0.3 is 6.09 Å². The Morgan fingerprint density at radius 1 is 1.18 bits per heavy atom. The zero-order valence-corrected chi connectivity index (χ0v) is 17.6. The van der Waals surface area contributed by atoms with E-state index in [0.717, 1.165) is 0 Å². The number of carbonyl (C=O) groups is 3. The second-order valence-corrected chi connectivity index (χ2v) is 8.43. The van der Waals surface area contributed by atoms with E-state index in [1.54, 1.807) is 36.2 Å². The Bertz CT molecular complexity index is 707. The van der Waals surface area contributed by atoms with Gasteiger partial charge in [-0.15, -0.1) is 0 Å². The molecular formula is C20H28ClN3O4. The lowest BCUT2D eigenvalue weighted by Crippen LogP contribution is -2.46. The fraction of sp³-hybridized carbons (Fsp3) is 0.550. The Kier molecular flexibility index (Phi) is 7.29. The Morgan fingerprint density at radius 3 is 2.29 bits per heavy atom. The molecule has 1 fully saturated rings. The van der Waals surface area contributed by atoms with Crippen LogP contribution in [0.1, 0.15) is 33.6 Å². The molecule has 0 bridgehead atoms. The fourth-order valence-electron chi connectivity index (χ4n) is 2.97. The molecule has 0 unspecified atom stereocenters. The van der Waals surface area contributed by atoms with Crippen LogP contribution in [0.25, 0.3) is 0 Å². The van der Waals surface area contributed by atoms with Crippen LogP contribution >= 0.6 is 11.6 Å². The normalized spacial score (nSPS) is 15.1.